The lowest BCUT2D eigenvalue weighted by Crippen LogP contribution is -2.99. The summed E-state index contributed by atoms with van der Waals surface area (Å²) >= 11 is 1.63. The van der Waals surface area contributed by atoms with Gasteiger partial charge in [0.1, 0.15) is 5.54 Å². The van der Waals surface area contributed by atoms with Gasteiger partial charge in [-0.3, -0.25) is 19.7 Å². The molecule has 3 unspecified atom stereocenters. The minimum Gasteiger partial charge on any atom is -0.595 e. The van der Waals surface area contributed by atoms with Crippen molar-refractivity contribution in [3.05, 3.63) is 58.8 Å². The molecule has 0 bridgehead atoms. The van der Waals surface area contributed by atoms with Crippen molar-refractivity contribution in [3.63, 3.8) is 0 Å². The molecule has 5 rings (SSSR count). The number of anilines is 2. The Morgan fingerprint density at radius 3 is 2.67 bits per heavy atom. The minimum atomic E-state index is -1.34. The van der Waals surface area contributed by atoms with E-state index in [1.54, 1.807) is 30.8 Å². The van der Waals surface area contributed by atoms with E-state index >= 15 is 0 Å². The van der Waals surface area contributed by atoms with Crippen molar-refractivity contribution in [3.8, 4) is 0 Å². The number of carbonyl (C=O) groups is 3. The Hall–Kier alpha value is -2.76. The summed E-state index contributed by atoms with van der Waals surface area (Å²) in [6.07, 6.45) is 2.58. The highest BCUT2D eigenvalue weighted by atomic mass is 32.2. The highest BCUT2D eigenvalue weighted by molar-refractivity contribution is 7.98. The van der Waals surface area contributed by atoms with Crippen LogP contribution in [0, 0.1) is 24.0 Å². The molecule has 2 saturated heterocycles. The average molecular weight is 469 g/mol. The summed E-state index contributed by atoms with van der Waals surface area (Å²) in [5, 5.41) is 26.1. The Bertz CT molecular complexity index is 1170. The number of imide groups is 1. The molecule has 33 heavy (non-hydrogen) atoms. The number of thioether (sulfide) groups is 1. The monoisotopic (exact) mass is 468 g/mol. The number of carbonyl (C=O) groups excluding carboxylic acids is 3. The third-order valence-electron chi connectivity index (χ3n) is 6.95. The Kier molecular flexibility index (Phi) is 5.30. The highest BCUT2D eigenvalue weighted by Gasteiger charge is 2.70. The maximum atomic E-state index is 13.9. The van der Waals surface area contributed by atoms with Crippen molar-refractivity contribution in [1.29, 1.82) is 0 Å². The van der Waals surface area contributed by atoms with Crippen LogP contribution >= 0.6 is 11.8 Å². The fourth-order valence-electron chi connectivity index (χ4n) is 5.47. The highest BCUT2D eigenvalue weighted by Crippen LogP contribution is 2.54. The van der Waals surface area contributed by atoms with Crippen LogP contribution in [0.2, 0.25) is 0 Å². The van der Waals surface area contributed by atoms with Gasteiger partial charge >= 0.3 is 0 Å². The average Bonchev–Trinajstić information content (AvgIpc) is 3.37. The lowest BCUT2D eigenvalue weighted by Gasteiger charge is -2.30. The maximum absolute atomic E-state index is 13.9. The van der Waals surface area contributed by atoms with Gasteiger partial charge in [0.15, 0.2) is 5.69 Å². The molecule has 2 aromatic carbocycles. The fourth-order valence-corrected chi connectivity index (χ4v) is 5.96. The van der Waals surface area contributed by atoms with Crippen LogP contribution in [0.15, 0.2) is 42.5 Å². The van der Waals surface area contributed by atoms with E-state index in [1.165, 1.54) is 12.1 Å². The maximum Gasteiger partial charge on any atom is 0.250 e. The van der Waals surface area contributed by atoms with E-state index in [2.05, 4.69) is 10.6 Å². The van der Waals surface area contributed by atoms with E-state index in [0.717, 1.165) is 10.7 Å². The third-order valence-corrected chi connectivity index (χ3v) is 7.60. The van der Waals surface area contributed by atoms with E-state index in [-0.39, 0.29) is 23.3 Å². The molecule has 10 heteroatoms. The molecule has 0 radical (unpaired) electrons. The number of nitrogens with zero attached hydrogens (tertiary/aromatic N) is 1. The van der Waals surface area contributed by atoms with Crippen LogP contribution in [0.4, 0.5) is 17.1 Å². The molecule has 1 spiro atoms. The zero-order valence-electron chi connectivity index (χ0n) is 18.1. The molecule has 0 saturated carbocycles. The van der Waals surface area contributed by atoms with Gasteiger partial charge in [-0.15, -0.1) is 0 Å². The number of amides is 3. The SMILES string of the molecule is CSCCC1NC2(C(=O)Nc3ccccc32)[C@@H]2C(=O)N(c3cc([NH+]([O-])O)ccc3C)C(=O)[C@H]12. The summed E-state index contributed by atoms with van der Waals surface area (Å²) in [6, 6.07) is 11.2. The Balaban J connectivity index is 1.65. The number of fused-ring (bicyclic) bond motifs is 4. The molecule has 3 amide bonds. The molecule has 3 heterocycles. The largest absolute Gasteiger partial charge is 0.595 e. The summed E-state index contributed by atoms with van der Waals surface area (Å²) < 4.78 is 0. The topological polar surface area (TPSA) is 126 Å². The van der Waals surface area contributed by atoms with Gasteiger partial charge in [-0.25, -0.2) is 10.1 Å². The van der Waals surface area contributed by atoms with Crippen molar-refractivity contribution < 1.29 is 24.8 Å². The first-order valence-corrected chi connectivity index (χ1v) is 12.1. The first-order chi connectivity index (χ1) is 15.8. The number of hydrogen-bond acceptors (Lipinski definition) is 7. The molecule has 2 aromatic rings. The van der Waals surface area contributed by atoms with Gasteiger partial charge in [0.05, 0.1) is 17.5 Å². The van der Waals surface area contributed by atoms with E-state index in [9.17, 15) is 24.8 Å². The number of quaternary nitrogens is 1. The smallest absolute Gasteiger partial charge is 0.250 e. The van der Waals surface area contributed by atoms with Gasteiger partial charge in [-0.2, -0.15) is 17.0 Å². The van der Waals surface area contributed by atoms with Crippen LogP contribution in [-0.2, 0) is 19.9 Å². The third kappa shape index (κ3) is 3.06. The second kappa shape index (κ2) is 7.93. The van der Waals surface area contributed by atoms with Crippen LogP contribution in [0.5, 0.6) is 0 Å². The molecule has 3 aliphatic rings. The van der Waals surface area contributed by atoms with E-state index in [0.29, 0.717) is 23.2 Å². The van der Waals surface area contributed by atoms with Crippen molar-refractivity contribution in [2.75, 3.05) is 22.2 Å². The number of hydrogen-bond donors (Lipinski definition) is 4. The van der Waals surface area contributed by atoms with Crippen molar-refractivity contribution in [2.24, 2.45) is 11.8 Å². The second-order valence-electron chi connectivity index (χ2n) is 8.66. The van der Waals surface area contributed by atoms with Crippen LogP contribution in [0.25, 0.3) is 0 Å². The van der Waals surface area contributed by atoms with Gasteiger partial charge in [0.25, 0.3) is 0 Å². The fraction of sp³-hybridized carbons (Fsp3) is 0.348. The molecular formula is C23H24N4O5S. The quantitative estimate of drug-likeness (QED) is 0.382. The summed E-state index contributed by atoms with van der Waals surface area (Å²) in [5.41, 5.74) is 0.802. The predicted molar refractivity (Wildman–Crippen MR) is 123 cm³/mol. The molecule has 3 aliphatic heterocycles. The molecule has 2 fully saturated rings. The predicted octanol–water partition coefficient (Wildman–Crippen LogP) is 1.08. The van der Waals surface area contributed by atoms with Crippen molar-refractivity contribution >= 4 is 46.5 Å². The Labute approximate surface area is 194 Å². The van der Waals surface area contributed by atoms with Crippen LogP contribution < -0.4 is 20.8 Å². The molecular weight excluding hydrogens is 444 g/mol. The van der Waals surface area contributed by atoms with E-state index in [1.807, 2.05) is 24.5 Å². The van der Waals surface area contributed by atoms with Gasteiger partial charge < -0.3 is 10.5 Å². The molecule has 5 atom stereocenters. The molecule has 9 nitrogen and oxygen atoms in total. The summed E-state index contributed by atoms with van der Waals surface area (Å²) in [6.45, 7) is 1.73. The summed E-state index contributed by atoms with van der Waals surface area (Å²) in [5.74, 6) is -2.12. The minimum absolute atomic E-state index is 0.0102. The second-order valence-corrected chi connectivity index (χ2v) is 9.65. The number of rotatable bonds is 5. The Morgan fingerprint density at radius 2 is 1.94 bits per heavy atom. The van der Waals surface area contributed by atoms with Crippen molar-refractivity contribution in [2.45, 2.75) is 24.9 Å². The lowest BCUT2D eigenvalue weighted by molar-refractivity contribution is -0.991. The van der Waals surface area contributed by atoms with Gasteiger partial charge in [0, 0.05) is 29.4 Å². The number of nitrogens with one attached hydrogen (secondary N) is 3. The number of benzene rings is 2. The molecule has 0 aliphatic carbocycles. The molecule has 172 valence electrons. The van der Waals surface area contributed by atoms with Gasteiger partial charge in [-0.1, -0.05) is 24.3 Å². The zero-order chi connectivity index (χ0) is 23.5. The normalized spacial score (nSPS) is 28.9. The van der Waals surface area contributed by atoms with E-state index < -0.39 is 34.4 Å². The Morgan fingerprint density at radius 1 is 1.18 bits per heavy atom. The first-order valence-electron chi connectivity index (χ1n) is 10.7. The molecule has 4 N–H and O–H groups in total. The zero-order valence-corrected chi connectivity index (χ0v) is 18.9. The summed E-state index contributed by atoms with van der Waals surface area (Å²) in [4.78, 5) is 42.1. The summed E-state index contributed by atoms with van der Waals surface area (Å²) in [7, 11) is 0. The first kappa shape index (κ1) is 22.1. The standard InChI is InChI=1S/C23H24N4O5S/c1-12-7-8-13(27(31)32)11-17(12)26-20(28)18-16(9-10-33-2)25-23(19(18)21(26)29)14-5-3-4-6-15(14)24-22(23)30/h3-8,11,16,18-19,25,27,31H,9-10H2,1-2H3,(H,24,30)/t16?,18-,19+,23?/m1/s1. The van der Waals surface area contributed by atoms with Crippen LogP contribution in [0.3, 0.4) is 0 Å². The van der Waals surface area contributed by atoms with Crippen molar-refractivity contribution in [1.82, 2.24) is 5.32 Å². The van der Waals surface area contributed by atoms with Gasteiger partial charge in [0.2, 0.25) is 17.7 Å². The van der Waals surface area contributed by atoms with Crippen LogP contribution in [-0.4, -0.2) is 41.0 Å². The van der Waals surface area contributed by atoms with Gasteiger partial charge in [-0.05, 0) is 37.0 Å². The number of para-hydroxylation sites is 1. The number of aryl methyl sites for hydroxylation is 1. The lowest BCUT2D eigenvalue weighted by atomic mass is 9.76. The van der Waals surface area contributed by atoms with E-state index in [4.69, 9.17) is 0 Å². The van der Waals surface area contributed by atoms with Crippen LogP contribution in [0.1, 0.15) is 17.5 Å². The molecule has 0 aromatic heterocycles.